The summed E-state index contributed by atoms with van der Waals surface area (Å²) in [5.41, 5.74) is 0.869. The third kappa shape index (κ3) is 2.66. The summed E-state index contributed by atoms with van der Waals surface area (Å²) in [6, 6.07) is 6.32. The van der Waals surface area contributed by atoms with Gasteiger partial charge in [-0.3, -0.25) is 4.79 Å². The van der Waals surface area contributed by atoms with Crippen LogP contribution in [0.1, 0.15) is 5.56 Å². The van der Waals surface area contributed by atoms with Crippen LogP contribution in [0.3, 0.4) is 0 Å². The van der Waals surface area contributed by atoms with Gasteiger partial charge in [-0.05, 0) is 30.2 Å². The minimum absolute atomic E-state index is 0.244. The van der Waals surface area contributed by atoms with Crippen LogP contribution in [0, 0.1) is 5.82 Å². The number of allylic oxidation sites excluding steroid dienone is 2. The molecule has 2 heteroatoms. The first-order chi connectivity index (χ1) is 5.83. The van der Waals surface area contributed by atoms with Crippen molar-refractivity contribution in [2.45, 2.75) is 6.42 Å². The monoisotopic (exact) mass is 164 g/mol. The van der Waals surface area contributed by atoms with Crippen molar-refractivity contribution in [2.75, 3.05) is 0 Å². The number of aldehydes is 1. The molecule has 0 fully saturated rings. The van der Waals surface area contributed by atoms with Gasteiger partial charge in [0.1, 0.15) is 12.1 Å². The molecule has 0 aliphatic carbocycles. The molecule has 1 rings (SSSR count). The molecule has 1 aromatic rings. The molecule has 0 atom stereocenters. The Hall–Kier alpha value is -1.44. The molecule has 0 N–H and O–H groups in total. The molecule has 0 unspecified atom stereocenters. The van der Waals surface area contributed by atoms with Crippen molar-refractivity contribution in [3.63, 3.8) is 0 Å². The molecule has 62 valence electrons. The highest BCUT2D eigenvalue weighted by atomic mass is 19.1. The summed E-state index contributed by atoms with van der Waals surface area (Å²) in [5.74, 6) is -0.244. The first-order valence-corrected chi connectivity index (χ1v) is 3.67. The van der Waals surface area contributed by atoms with Gasteiger partial charge >= 0.3 is 0 Å². The molecule has 12 heavy (non-hydrogen) atoms. The highest BCUT2D eigenvalue weighted by Gasteiger charge is 1.91. The first-order valence-electron chi connectivity index (χ1n) is 3.67. The molecular weight excluding hydrogens is 155 g/mol. The van der Waals surface area contributed by atoms with E-state index in [0.717, 1.165) is 5.56 Å². The molecule has 0 aliphatic heterocycles. The highest BCUT2D eigenvalue weighted by Crippen LogP contribution is 2.04. The fraction of sp³-hybridized carbons (Fsp3) is 0.100. The maximum atomic E-state index is 12.6. The molecule has 0 radical (unpaired) electrons. The van der Waals surface area contributed by atoms with E-state index in [-0.39, 0.29) is 5.82 Å². The van der Waals surface area contributed by atoms with Crippen LogP contribution in [-0.4, -0.2) is 6.29 Å². The Morgan fingerprint density at radius 2 is 2.25 bits per heavy atom. The molecule has 0 heterocycles. The Labute approximate surface area is 70.5 Å². The minimum atomic E-state index is -0.244. The Morgan fingerprint density at radius 1 is 1.42 bits per heavy atom. The molecular formula is C10H9FO. The number of hydrogen-bond donors (Lipinski definition) is 0. The summed E-state index contributed by atoms with van der Waals surface area (Å²) >= 11 is 0. The molecule has 0 bridgehead atoms. The number of carbonyl (C=O) groups excluding carboxylic acids is 1. The third-order valence-electron chi connectivity index (χ3n) is 1.46. The summed E-state index contributed by atoms with van der Waals surface area (Å²) in [5, 5.41) is 0. The van der Waals surface area contributed by atoms with Gasteiger partial charge in [0.25, 0.3) is 0 Å². The van der Waals surface area contributed by atoms with Gasteiger partial charge in [-0.1, -0.05) is 18.2 Å². The molecule has 0 spiro atoms. The summed E-state index contributed by atoms with van der Waals surface area (Å²) < 4.78 is 12.6. The second-order valence-corrected chi connectivity index (χ2v) is 2.40. The van der Waals surface area contributed by atoms with Crippen LogP contribution in [0.25, 0.3) is 0 Å². The first kappa shape index (κ1) is 8.65. The Kier molecular flexibility index (Phi) is 3.20. The smallest absolute Gasteiger partial charge is 0.142 e. The van der Waals surface area contributed by atoms with Crippen LogP contribution in [-0.2, 0) is 11.2 Å². The summed E-state index contributed by atoms with van der Waals surface area (Å²) in [6.07, 6.45) is 4.41. The van der Waals surface area contributed by atoms with Crippen LogP contribution in [0.5, 0.6) is 0 Å². The van der Waals surface area contributed by atoms with Crippen LogP contribution in [0.4, 0.5) is 4.39 Å². The van der Waals surface area contributed by atoms with E-state index in [1.165, 1.54) is 18.2 Å². The number of halogens is 1. The summed E-state index contributed by atoms with van der Waals surface area (Å²) in [4.78, 5) is 9.90. The lowest BCUT2D eigenvalue weighted by molar-refractivity contribution is -0.104. The van der Waals surface area contributed by atoms with E-state index in [4.69, 9.17) is 0 Å². The predicted molar refractivity (Wildman–Crippen MR) is 45.3 cm³/mol. The summed E-state index contributed by atoms with van der Waals surface area (Å²) in [6.45, 7) is 0. The second-order valence-electron chi connectivity index (χ2n) is 2.40. The van der Waals surface area contributed by atoms with E-state index in [9.17, 15) is 9.18 Å². The number of rotatable bonds is 3. The third-order valence-corrected chi connectivity index (χ3v) is 1.46. The van der Waals surface area contributed by atoms with Crippen molar-refractivity contribution in [3.05, 3.63) is 47.8 Å². The molecule has 0 saturated heterocycles. The van der Waals surface area contributed by atoms with Crippen molar-refractivity contribution in [1.82, 2.24) is 0 Å². The van der Waals surface area contributed by atoms with Crippen LogP contribution in [0.2, 0.25) is 0 Å². The number of carbonyl (C=O) groups is 1. The van der Waals surface area contributed by atoms with Gasteiger partial charge in [0, 0.05) is 0 Å². The number of hydrogen-bond acceptors (Lipinski definition) is 1. The topological polar surface area (TPSA) is 17.1 Å². The SMILES string of the molecule is O=C/C=C/Cc1cccc(F)c1. The lowest BCUT2D eigenvalue weighted by Gasteiger charge is -1.94. The fourth-order valence-electron chi connectivity index (χ4n) is 0.924. The van der Waals surface area contributed by atoms with E-state index in [0.29, 0.717) is 12.7 Å². The van der Waals surface area contributed by atoms with Crippen LogP contribution in [0.15, 0.2) is 36.4 Å². The van der Waals surface area contributed by atoms with Gasteiger partial charge in [-0.15, -0.1) is 0 Å². The van der Waals surface area contributed by atoms with E-state index in [2.05, 4.69) is 0 Å². The Bertz CT molecular complexity index is 292. The molecule has 1 nitrogen and oxygen atoms in total. The van der Waals surface area contributed by atoms with E-state index in [1.54, 1.807) is 12.1 Å². The lowest BCUT2D eigenvalue weighted by atomic mass is 10.1. The standard InChI is InChI=1S/C10H9FO/c11-10-6-3-5-9(8-10)4-1-2-7-12/h1-3,5-8H,4H2/b2-1+. The van der Waals surface area contributed by atoms with Gasteiger partial charge in [0.15, 0.2) is 0 Å². The molecule has 0 saturated carbocycles. The average molecular weight is 164 g/mol. The van der Waals surface area contributed by atoms with Gasteiger partial charge in [-0.25, -0.2) is 4.39 Å². The average Bonchev–Trinajstić information content (AvgIpc) is 2.05. The zero-order valence-electron chi connectivity index (χ0n) is 6.53. The van der Waals surface area contributed by atoms with Gasteiger partial charge in [-0.2, -0.15) is 0 Å². The zero-order valence-corrected chi connectivity index (χ0v) is 6.53. The molecule has 0 aromatic heterocycles. The zero-order chi connectivity index (χ0) is 8.81. The molecule has 0 aliphatic rings. The molecule has 0 amide bonds. The number of benzene rings is 1. The Balaban J connectivity index is 2.63. The van der Waals surface area contributed by atoms with Gasteiger partial charge in [0.05, 0.1) is 0 Å². The van der Waals surface area contributed by atoms with Crippen molar-refractivity contribution in [1.29, 1.82) is 0 Å². The van der Waals surface area contributed by atoms with Crippen LogP contribution < -0.4 is 0 Å². The van der Waals surface area contributed by atoms with Crippen molar-refractivity contribution in [2.24, 2.45) is 0 Å². The van der Waals surface area contributed by atoms with E-state index >= 15 is 0 Å². The summed E-state index contributed by atoms with van der Waals surface area (Å²) in [7, 11) is 0. The van der Waals surface area contributed by atoms with Crippen molar-refractivity contribution >= 4 is 6.29 Å². The minimum Gasteiger partial charge on any atom is -0.299 e. The van der Waals surface area contributed by atoms with Gasteiger partial charge in [0.2, 0.25) is 0 Å². The van der Waals surface area contributed by atoms with Crippen molar-refractivity contribution < 1.29 is 9.18 Å². The maximum Gasteiger partial charge on any atom is 0.142 e. The normalized spacial score (nSPS) is 10.4. The fourth-order valence-corrected chi connectivity index (χ4v) is 0.924. The maximum absolute atomic E-state index is 12.6. The largest absolute Gasteiger partial charge is 0.299 e. The highest BCUT2D eigenvalue weighted by molar-refractivity contribution is 5.64. The lowest BCUT2D eigenvalue weighted by Crippen LogP contribution is -1.82. The predicted octanol–water partition coefficient (Wildman–Crippen LogP) is 2.12. The Morgan fingerprint density at radius 3 is 2.92 bits per heavy atom. The quantitative estimate of drug-likeness (QED) is 0.494. The van der Waals surface area contributed by atoms with Gasteiger partial charge < -0.3 is 0 Å². The second kappa shape index (κ2) is 4.44. The van der Waals surface area contributed by atoms with E-state index in [1.807, 2.05) is 6.07 Å². The van der Waals surface area contributed by atoms with Crippen molar-refractivity contribution in [3.8, 4) is 0 Å². The van der Waals surface area contributed by atoms with E-state index < -0.39 is 0 Å². The van der Waals surface area contributed by atoms with Crippen LogP contribution >= 0.6 is 0 Å². The molecule has 1 aromatic carbocycles.